The summed E-state index contributed by atoms with van der Waals surface area (Å²) in [6, 6.07) is 10.3. The second kappa shape index (κ2) is 10.7. The number of aromatic nitrogens is 5. The highest BCUT2D eigenvalue weighted by Gasteiger charge is 2.30. The molecule has 5 heterocycles. The number of hydrogen-bond acceptors (Lipinski definition) is 8. The summed E-state index contributed by atoms with van der Waals surface area (Å²) in [5.74, 6) is -0.108. The summed E-state index contributed by atoms with van der Waals surface area (Å²) in [5.41, 5.74) is 5.07. The van der Waals surface area contributed by atoms with Crippen LogP contribution in [0.5, 0.6) is 0 Å². The molecule has 1 aliphatic carbocycles. The van der Waals surface area contributed by atoms with Gasteiger partial charge in [0.1, 0.15) is 0 Å². The van der Waals surface area contributed by atoms with Crippen molar-refractivity contribution < 1.29 is 14.6 Å². The van der Waals surface area contributed by atoms with Crippen LogP contribution in [0.25, 0.3) is 27.8 Å². The minimum Gasteiger partial charge on any atom is -0.477 e. The monoisotopic (exact) mass is 553 g/mol. The fourth-order valence-corrected chi connectivity index (χ4v) is 6.30. The topological polar surface area (TPSA) is 110 Å². The Morgan fingerprint density at radius 2 is 1.73 bits per heavy atom. The number of anilines is 2. The Morgan fingerprint density at radius 1 is 1.00 bits per heavy atom. The highest BCUT2D eigenvalue weighted by Crippen LogP contribution is 2.43. The van der Waals surface area contributed by atoms with Gasteiger partial charge in [-0.2, -0.15) is 5.10 Å². The van der Waals surface area contributed by atoms with Crippen molar-refractivity contribution in [3.8, 4) is 16.8 Å². The van der Waals surface area contributed by atoms with Crippen LogP contribution in [0.4, 0.5) is 11.6 Å². The van der Waals surface area contributed by atoms with Gasteiger partial charge in [-0.05, 0) is 62.8 Å². The van der Waals surface area contributed by atoms with E-state index < -0.39 is 5.97 Å². The van der Waals surface area contributed by atoms with Gasteiger partial charge in [-0.1, -0.05) is 12.5 Å². The largest absolute Gasteiger partial charge is 0.477 e. The number of rotatable bonds is 7. The van der Waals surface area contributed by atoms with E-state index in [0.29, 0.717) is 23.6 Å². The number of nitrogens with zero attached hydrogens (tertiary/aromatic N) is 7. The molecule has 1 saturated carbocycles. The summed E-state index contributed by atoms with van der Waals surface area (Å²) in [5, 5.41) is 16.1. The first-order chi connectivity index (χ1) is 20.1. The second-order valence-corrected chi connectivity index (χ2v) is 11.4. The molecule has 0 spiro atoms. The molecule has 0 unspecified atom stereocenters. The number of carbonyl (C=O) groups is 1. The third-order valence-corrected chi connectivity index (χ3v) is 8.92. The number of fused-ring (bicyclic) bond motifs is 1. The van der Waals surface area contributed by atoms with Crippen LogP contribution >= 0.6 is 0 Å². The maximum Gasteiger partial charge on any atom is 0.354 e. The van der Waals surface area contributed by atoms with Crippen LogP contribution in [0.15, 0.2) is 42.7 Å². The molecule has 1 N–H and O–H groups in total. The van der Waals surface area contributed by atoms with Gasteiger partial charge in [0, 0.05) is 74.5 Å². The average Bonchev–Trinajstić information content (AvgIpc) is 3.65. The lowest BCUT2D eigenvalue weighted by Crippen LogP contribution is -2.37. The summed E-state index contributed by atoms with van der Waals surface area (Å²) < 4.78 is 7.35. The van der Waals surface area contributed by atoms with E-state index in [-0.39, 0.29) is 5.69 Å². The van der Waals surface area contributed by atoms with Gasteiger partial charge in [-0.25, -0.2) is 24.4 Å². The molecule has 10 heteroatoms. The van der Waals surface area contributed by atoms with Crippen LogP contribution in [-0.2, 0) is 4.74 Å². The van der Waals surface area contributed by atoms with Crippen LogP contribution in [-0.4, -0.2) is 75.2 Å². The first-order valence-electron chi connectivity index (χ1n) is 14.7. The van der Waals surface area contributed by atoms with Gasteiger partial charge in [0.25, 0.3) is 0 Å². The summed E-state index contributed by atoms with van der Waals surface area (Å²) in [6.07, 6.45) is 11.2. The Labute approximate surface area is 239 Å². The fourth-order valence-electron chi connectivity index (χ4n) is 6.30. The van der Waals surface area contributed by atoms with Crippen LogP contribution in [0.1, 0.15) is 67.0 Å². The average molecular weight is 554 g/mol. The predicted octanol–water partition coefficient (Wildman–Crippen LogP) is 5.06. The second-order valence-electron chi connectivity index (χ2n) is 11.4. The Hall–Kier alpha value is -4.05. The van der Waals surface area contributed by atoms with Crippen LogP contribution in [0.2, 0.25) is 0 Å². The van der Waals surface area contributed by atoms with E-state index in [1.54, 1.807) is 18.5 Å². The SMILES string of the molecule is CN(c1ncc(-c2cc(C(=O)O)nc3c2c(C2CCC2)nn3-c2cccc(N3CCCC3)c2)cn1)C1CCOCC1. The first kappa shape index (κ1) is 25.9. The molecule has 212 valence electrons. The fraction of sp³-hybridized carbons (Fsp3) is 0.452. The van der Waals surface area contributed by atoms with E-state index in [0.717, 1.165) is 92.0 Å². The van der Waals surface area contributed by atoms with Crippen LogP contribution in [0.3, 0.4) is 0 Å². The molecule has 2 saturated heterocycles. The van der Waals surface area contributed by atoms with Gasteiger partial charge in [0.05, 0.1) is 16.8 Å². The molecule has 0 bridgehead atoms. The van der Waals surface area contributed by atoms with Gasteiger partial charge in [-0.3, -0.25) is 0 Å². The molecule has 0 amide bonds. The Morgan fingerprint density at radius 3 is 2.41 bits per heavy atom. The maximum absolute atomic E-state index is 12.3. The van der Waals surface area contributed by atoms with Gasteiger partial charge >= 0.3 is 5.97 Å². The first-order valence-corrected chi connectivity index (χ1v) is 14.7. The number of carboxylic acid groups (broad SMARTS) is 1. The summed E-state index contributed by atoms with van der Waals surface area (Å²) >= 11 is 0. The number of carboxylic acids is 1. The van der Waals surface area contributed by atoms with Gasteiger partial charge < -0.3 is 19.6 Å². The molecule has 3 aliphatic rings. The van der Waals surface area contributed by atoms with Crippen molar-refractivity contribution in [1.82, 2.24) is 24.7 Å². The maximum atomic E-state index is 12.3. The van der Waals surface area contributed by atoms with Gasteiger partial charge in [0.2, 0.25) is 5.95 Å². The lowest BCUT2D eigenvalue weighted by atomic mass is 9.81. The summed E-state index contributed by atoms with van der Waals surface area (Å²) in [6.45, 7) is 3.58. The van der Waals surface area contributed by atoms with Crippen LogP contribution < -0.4 is 9.80 Å². The minimum absolute atomic E-state index is 0.0205. The molecule has 3 fully saturated rings. The number of ether oxygens (including phenoxy) is 1. The van der Waals surface area contributed by atoms with E-state index in [2.05, 4.69) is 26.9 Å². The van der Waals surface area contributed by atoms with Gasteiger partial charge in [-0.15, -0.1) is 0 Å². The summed E-state index contributed by atoms with van der Waals surface area (Å²) in [7, 11) is 2.02. The zero-order valence-electron chi connectivity index (χ0n) is 23.4. The number of benzene rings is 1. The molecule has 4 aromatic rings. The van der Waals surface area contributed by atoms with Crippen molar-refractivity contribution in [2.24, 2.45) is 0 Å². The van der Waals surface area contributed by atoms with E-state index >= 15 is 0 Å². The minimum atomic E-state index is -1.08. The zero-order valence-corrected chi connectivity index (χ0v) is 23.4. The molecule has 3 aromatic heterocycles. The van der Waals surface area contributed by atoms with Crippen molar-refractivity contribution >= 4 is 28.6 Å². The number of pyridine rings is 1. The van der Waals surface area contributed by atoms with E-state index in [1.165, 1.54) is 12.8 Å². The molecular weight excluding hydrogens is 518 g/mol. The molecule has 41 heavy (non-hydrogen) atoms. The molecule has 0 atom stereocenters. The van der Waals surface area contributed by atoms with E-state index in [9.17, 15) is 9.90 Å². The van der Waals surface area contributed by atoms with Crippen molar-refractivity contribution in [1.29, 1.82) is 0 Å². The Balaban J connectivity index is 1.35. The quantitative estimate of drug-likeness (QED) is 0.336. The van der Waals surface area contributed by atoms with Crippen molar-refractivity contribution in [2.45, 2.75) is 56.9 Å². The van der Waals surface area contributed by atoms with Crippen molar-refractivity contribution in [3.05, 3.63) is 54.1 Å². The smallest absolute Gasteiger partial charge is 0.354 e. The third kappa shape index (κ3) is 4.80. The van der Waals surface area contributed by atoms with E-state index in [4.69, 9.17) is 19.8 Å². The Kier molecular flexibility index (Phi) is 6.78. The number of hydrogen-bond donors (Lipinski definition) is 1. The normalized spacial score (nSPS) is 18.1. The molecule has 2 aliphatic heterocycles. The Bertz CT molecular complexity index is 1570. The molecule has 10 nitrogen and oxygen atoms in total. The highest BCUT2D eigenvalue weighted by atomic mass is 16.5. The predicted molar refractivity (Wildman–Crippen MR) is 157 cm³/mol. The van der Waals surface area contributed by atoms with Crippen LogP contribution in [0, 0.1) is 0 Å². The third-order valence-electron chi connectivity index (χ3n) is 8.92. The van der Waals surface area contributed by atoms with Gasteiger partial charge in [0.15, 0.2) is 11.3 Å². The zero-order chi connectivity index (χ0) is 27.9. The molecule has 1 aromatic carbocycles. The molecule has 0 radical (unpaired) electrons. The summed E-state index contributed by atoms with van der Waals surface area (Å²) in [4.78, 5) is 30.9. The molecular formula is C31H35N7O3. The number of aromatic carboxylic acids is 1. The van der Waals surface area contributed by atoms with Crippen molar-refractivity contribution in [3.63, 3.8) is 0 Å². The lowest BCUT2D eigenvalue weighted by molar-refractivity contribution is 0.0691. The van der Waals surface area contributed by atoms with Crippen molar-refractivity contribution in [2.75, 3.05) is 43.2 Å². The molecule has 7 rings (SSSR count). The lowest BCUT2D eigenvalue weighted by Gasteiger charge is -2.31. The standard InChI is InChI=1S/C31H35N7O3/c1-36(22-10-14-41-15-11-22)31-32-18-21(19-33-31)25-17-26(30(39)40)34-29-27(25)28(20-6-4-7-20)35-38(29)24-9-5-8-23(16-24)37-12-2-3-13-37/h5,8-9,16-20,22H,2-4,6-7,10-15H2,1H3,(H,39,40). The van der Waals surface area contributed by atoms with E-state index in [1.807, 2.05) is 23.9 Å². The highest BCUT2D eigenvalue weighted by molar-refractivity contribution is 6.00.